The van der Waals surface area contributed by atoms with Gasteiger partial charge in [0.2, 0.25) is 0 Å². The summed E-state index contributed by atoms with van der Waals surface area (Å²) < 4.78 is 16.6. The number of nitrogens with one attached hydrogen (secondary N) is 1. The lowest BCUT2D eigenvalue weighted by molar-refractivity contribution is 0.0734. The summed E-state index contributed by atoms with van der Waals surface area (Å²) in [5, 5.41) is 4.04. The Hall–Kier alpha value is -4.91. The molecule has 0 aliphatic rings. The number of rotatable bonds is 10. The summed E-state index contributed by atoms with van der Waals surface area (Å²) >= 11 is 0. The van der Waals surface area contributed by atoms with E-state index in [0.29, 0.717) is 41.6 Å². The summed E-state index contributed by atoms with van der Waals surface area (Å²) in [6.07, 6.45) is 1.50. The molecule has 0 heterocycles. The van der Waals surface area contributed by atoms with Crippen molar-refractivity contribution in [3.63, 3.8) is 0 Å². The first-order valence-corrected chi connectivity index (χ1v) is 11.8. The number of benzene rings is 4. The van der Waals surface area contributed by atoms with E-state index in [-0.39, 0.29) is 5.91 Å². The van der Waals surface area contributed by atoms with Gasteiger partial charge in [0.05, 0.1) is 23.9 Å². The Labute approximate surface area is 215 Å². The number of ether oxygens (including phenoxy) is 3. The van der Waals surface area contributed by atoms with Crippen LogP contribution in [-0.4, -0.2) is 24.7 Å². The summed E-state index contributed by atoms with van der Waals surface area (Å²) in [5.41, 5.74) is 5.05. The zero-order chi connectivity index (χ0) is 25.9. The Kier molecular flexibility index (Phi) is 8.64. The molecule has 0 saturated heterocycles. The summed E-state index contributed by atoms with van der Waals surface area (Å²) in [6.45, 7) is 2.80. The molecule has 0 unspecified atom stereocenters. The molecule has 0 spiro atoms. The van der Waals surface area contributed by atoms with Crippen LogP contribution in [0.5, 0.6) is 17.2 Å². The molecule has 37 heavy (non-hydrogen) atoms. The molecule has 7 nitrogen and oxygen atoms in total. The average Bonchev–Trinajstić information content (AvgIpc) is 2.94. The van der Waals surface area contributed by atoms with Gasteiger partial charge in [-0.2, -0.15) is 5.10 Å². The minimum atomic E-state index is -0.468. The van der Waals surface area contributed by atoms with E-state index in [1.165, 1.54) is 6.21 Å². The fourth-order valence-electron chi connectivity index (χ4n) is 3.38. The van der Waals surface area contributed by atoms with E-state index < -0.39 is 5.97 Å². The molecule has 0 radical (unpaired) electrons. The van der Waals surface area contributed by atoms with Crippen molar-refractivity contribution in [3.8, 4) is 17.2 Å². The lowest BCUT2D eigenvalue weighted by Gasteiger charge is -2.10. The monoisotopic (exact) mass is 494 g/mol. The van der Waals surface area contributed by atoms with Crippen LogP contribution in [-0.2, 0) is 6.61 Å². The van der Waals surface area contributed by atoms with E-state index >= 15 is 0 Å². The maximum atomic E-state index is 12.7. The van der Waals surface area contributed by atoms with Crippen LogP contribution in [0.2, 0.25) is 0 Å². The van der Waals surface area contributed by atoms with Crippen molar-refractivity contribution < 1.29 is 23.8 Å². The molecule has 0 aromatic heterocycles. The van der Waals surface area contributed by atoms with Crippen molar-refractivity contribution in [3.05, 3.63) is 125 Å². The molecule has 0 atom stereocenters. The molecule has 0 saturated carbocycles. The third kappa shape index (κ3) is 7.29. The lowest BCUT2D eigenvalue weighted by atomic mass is 10.2. The van der Waals surface area contributed by atoms with Crippen molar-refractivity contribution in [2.75, 3.05) is 6.61 Å². The number of carbonyl (C=O) groups excluding carboxylic acids is 2. The first kappa shape index (κ1) is 25.2. The van der Waals surface area contributed by atoms with Gasteiger partial charge in [-0.25, -0.2) is 10.2 Å². The molecule has 4 aromatic rings. The maximum absolute atomic E-state index is 12.7. The van der Waals surface area contributed by atoms with Gasteiger partial charge in [0.1, 0.15) is 23.9 Å². The van der Waals surface area contributed by atoms with Gasteiger partial charge in [0.25, 0.3) is 5.91 Å². The second-order valence-electron chi connectivity index (χ2n) is 7.89. The highest BCUT2D eigenvalue weighted by atomic mass is 16.5. The van der Waals surface area contributed by atoms with Crippen molar-refractivity contribution in [2.45, 2.75) is 13.5 Å². The summed E-state index contributed by atoms with van der Waals surface area (Å²) in [4.78, 5) is 25.0. The van der Waals surface area contributed by atoms with E-state index in [1.54, 1.807) is 66.7 Å². The molecule has 0 bridgehead atoms. The summed E-state index contributed by atoms with van der Waals surface area (Å²) in [7, 11) is 0. The van der Waals surface area contributed by atoms with E-state index in [2.05, 4.69) is 10.5 Å². The molecule has 1 N–H and O–H groups in total. The number of amides is 1. The molecule has 4 aromatic carbocycles. The van der Waals surface area contributed by atoms with Crippen molar-refractivity contribution in [1.82, 2.24) is 5.43 Å². The fourth-order valence-corrected chi connectivity index (χ4v) is 3.38. The molecule has 4 rings (SSSR count). The van der Waals surface area contributed by atoms with Crippen LogP contribution in [0.4, 0.5) is 0 Å². The van der Waals surface area contributed by atoms with E-state index in [9.17, 15) is 9.59 Å². The third-order valence-corrected chi connectivity index (χ3v) is 5.24. The standard InChI is InChI=1S/C30H26N2O5/c1-2-35-25-18-14-24(15-19-25)30(34)37-26-16-12-22(13-17-26)20-31-32-29(33)27-10-6-7-11-28(27)36-21-23-8-4-3-5-9-23/h3-20H,2,21H2,1H3,(H,32,33)/b31-20-. The zero-order valence-electron chi connectivity index (χ0n) is 20.3. The van der Waals surface area contributed by atoms with E-state index in [4.69, 9.17) is 14.2 Å². The largest absolute Gasteiger partial charge is 0.494 e. The number of hydrogen-bond donors (Lipinski definition) is 1. The molecule has 0 aliphatic heterocycles. The third-order valence-electron chi connectivity index (χ3n) is 5.24. The predicted octanol–water partition coefficient (Wildman–Crippen LogP) is 5.65. The van der Waals surface area contributed by atoms with Gasteiger partial charge in [0.15, 0.2) is 0 Å². The smallest absolute Gasteiger partial charge is 0.343 e. The number of carbonyl (C=O) groups is 2. The SMILES string of the molecule is CCOc1ccc(C(=O)Oc2ccc(/C=N\NC(=O)c3ccccc3OCc3ccccc3)cc2)cc1. The second kappa shape index (κ2) is 12.7. The van der Waals surface area contributed by atoms with Crippen molar-refractivity contribution >= 4 is 18.1 Å². The van der Waals surface area contributed by atoms with Gasteiger partial charge in [-0.15, -0.1) is 0 Å². The average molecular weight is 495 g/mol. The minimum Gasteiger partial charge on any atom is -0.494 e. The minimum absolute atomic E-state index is 0.351. The summed E-state index contributed by atoms with van der Waals surface area (Å²) in [5.74, 6) is 0.700. The molecule has 0 fully saturated rings. The number of hydrogen-bond acceptors (Lipinski definition) is 6. The van der Waals surface area contributed by atoms with Gasteiger partial charge in [0, 0.05) is 0 Å². The zero-order valence-corrected chi connectivity index (χ0v) is 20.3. The van der Waals surface area contributed by atoms with Crippen LogP contribution < -0.4 is 19.6 Å². The first-order chi connectivity index (χ1) is 18.1. The predicted molar refractivity (Wildman–Crippen MR) is 141 cm³/mol. The van der Waals surface area contributed by atoms with Crippen LogP contribution in [0.25, 0.3) is 0 Å². The van der Waals surface area contributed by atoms with Crippen LogP contribution in [0.3, 0.4) is 0 Å². The van der Waals surface area contributed by atoms with Crippen LogP contribution in [0.15, 0.2) is 108 Å². The van der Waals surface area contributed by atoms with Crippen molar-refractivity contribution in [1.29, 1.82) is 0 Å². The fraction of sp³-hybridized carbons (Fsp3) is 0.100. The first-order valence-electron chi connectivity index (χ1n) is 11.8. The van der Waals surface area contributed by atoms with Gasteiger partial charge < -0.3 is 14.2 Å². The summed E-state index contributed by atoms with van der Waals surface area (Å²) in [6, 6.07) is 30.2. The van der Waals surface area contributed by atoms with Crippen LogP contribution >= 0.6 is 0 Å². The Morgan fingerprint density at radius 1 is 0.784 bits per heavy atom. The molecular weight excluding hydrogens is 468 g/mol. The molecular formula is C30H26N2O5. The quantitative estimate of drug-likeness (QED) is 0.133. The molecule has 0 aliphatic carbocycles. The highest BCUT2D eigenvalue weighted by molar-refractivity contribution is 5.97. The Morgan fingerprint density at radius 2 is 1.46 bits per heavy atom. The van der Waals surface area contributed by atoms with Crippen LogP contribution in [0, 0.1) is 0 Å². The number of nitrogens with zero attached hydrogens (tertiary/aromatic N) is 1. The number of para-hydroxylation sites is 1. The molecule has 7 heteroatoms. The highest BCUT2D eigenvalue weighted by Gasteiger charge is 2.12. The molecule has 186 valence electrons. The van der Waals surface area contributed by atoms with Gasteiger partial charge in [-0.1, -0.05) is 42.5 Å². The number of esters is 1. The molecule has 1 amide bonds. The lowest BCUT2D eigenvalue weighted by Crippen LogP contribution is -2.18. The van der Waals surface area contributed by atoms with Gasteiger partial charge >= 0.3 is 5.97 Å². The highest BCUT2D eigenvalue weighted by Crippen LogP contribution is 2.20. The number of hydrazone groups is 1. The van der Waals surface area contributed by atoms with Crippen LogP contribution in [0.1, 0.15) is 38.8 Å². The Balaban J connectivity index is 1.31. The van der Waals surface area contributed by atoms with Crippen molar-refractivity contribution in [2.24, 2.45) is 5.10 Å². The Morgan fingerprint density at radius 3 is 2.19 bits per heavy atom. The Bertz CT molecular complexity index is 1350. The topological polar surface area (TPSA) is 86.2 Å². The normalized spacial score (nSPS) is 10.6. The second-order valence-corrected chi connectivity index (χ2v) is 7.89. The maximum Gasteiger partial charge on any atom is 0.343 e. The van der Waals surface area contributed by atoms with E-state index in [1.807, 2.05) is 43.3 Å². The van der Waals surface area contributed by atoms with Gasteiger partial charge in [-0.3, -0.25) is 4.79 Å². The van der Waals surface area contributed by atoms with E-state index in [0.717, 1.165) is 11.1 Å². The van der Waals surface area contributed by atoms with Gasteiger partial charge in [-0.05, 0) is 78.7 Å².